The monoisotopic (exact) mass is 410 g/mol. The Labute approximate surface area is 172 Å². The van der Waals surface area contributed by atoms with Crippen LogP contribution in [0.2, 0.25) is 0 Å². The van der Waals surface area contributed by atoms with E-state index in [0.29, 0.717) is 24.2 Å². The van der Waals surface area contributed by atoms with Gasteiger partial charge >= 0.3 is 0 Å². The highest BCUT2D eigenvalue weighted by molar-refractivity contribution is 5.94. The van der Waals surface area contributed by atoms with Gasteiger partial charge in [-0.3, -0.25) is 4.79 Å². The SMILES string of the molecule is O=C1NCCCCCNc2nc(ncc2F)Nc2cc(cnc2F)-c2ccc1cc2. The Bertz CT molecular complexity index is 1060. The van der Waals surface area contributed by atoms with Gasteiger partial charge < -0.3 is 16.0 Å². The van der Waals surface area contributed by atoms with Crippen LogP contribution in [0.3, 0.4) is 0 Å². The van der Waals surface area contributed by atoms with Crippen LogP contribution in [0.1, 0.15) is 29.6 Å². The van der Waals surface area contributed by atoms with Crippen molar-refractivity contribution in [3.63, 3.8) is 0 Å². The lowest BCUT2D eigenvalue weighted by atomic mass is 10.0. The van der Waals surface area contributed by atoms with Crippen molar-refractivity contribution in [3.8, 4) is 11.1 Å². The lowest BCUT2D eigenvalue weighted by molar-refractivity contribution is 0.0953. The van der Waals surface area contributed by atoms with Crippen LogP contribution in [0.4, 0.5) is 26.2 Å². The standard InChI is InChI=1S/C21H20F2N6O/c22-16-12-27-21-28-17-10-15(11-26-18(17)23)13-4-6-14(7-5-13)20(30)25-9-3-1-2-8-24-19(16)29-21/h4-7,10-12H,1-3,8-9H2,(H,25,30)(H2,24,27,28,29). The molecule has 0 radical (unpaired) electrons. The summed E-state index contributed by atoms with van der Waals surface area (Å²) in [5.41, 5.74) is 2.02. The van der Waals surface area contributed by atoms with E-state index in [1.54, 1.807) is 30.3 Å². The number of halogens is 2. The number of hydrogen-bond acceptors (Lipinski definition) is 6. The fourth-order valence-corrected chi connectivity index (χ4v) is 3.12. The number of amides is 1. The number of nitrogens with one attached hydrogen (secondary N) is 3. The molecule has 5 rings (SSSR count). The average Bonchev–Trinajstić information content (AvgIpc) is 2.76. The zero-order valence-electron chi connectivity index (χ0n) is 16.1. The van der Waals surface area contributed by atoms with Gasteiger partial charge in [0.05, 0.1) is 11.9 Å². The summed E-state index contributed by atoms with van der Waals surface area (Å²) in [6.07, 6.45) is 4.87. The van der Waals surface area contributed by atoms with Gasteiger partial charge in [-0.2, -0.15) is 9.37 Å². The highest BCUT2D eigenvalue weighted by Crippen LogP contribution is 2.26. The molecule has 0 saturated carbocycles. The van der Waals surface area contributed by atoms with Crippen molar-refractivity contribution in [1.82, 2.24) is 20.3 Å². The summed E-state index contributed by atoms with van der Waals surface area (Å²) < 4.78 is 28.3. The normalized spacial score (nSPS) is 14.5. The maximum atomic E-state index is 14.3. The highest BCUT2D eigenvalue weighted by Gasteiger charge is 2.12. The molecule has 0 atom stereocenters. The Morgan fingerprint density at radius 2 is 1.57 bits per heavy atom. The molecule has 6 bridgehead atoms. The van der Waals surface area contributed by atoms with Crippen LogP contribution in [0, 0.1) is 11.8 Å². The van der Waals surface area contributed by atoms with Gasteiger partial charge in [-0.1, -0.05) is 12.1 Å². The first-order chi connectivity index (χ1) is 14.6. The second-order valence-electron chi connectivity index (χ2n) is 6.90. The van der Waals surface area contributed by atoms with Gasteiger partial charge in [-0.15, -0.1) is 0 Å². The number of carbonyl (C=O) groups is 1. The molecule has 1 amide bonds. The Hall–Kier alpha value is -3.62. The minimum atomic E-state index is -0.733. The van der Waals surface area contributed by atoms with Crippen molar-refractivity contribution in [2.24, 2.45) is 0 Å². The minimum absolute atomic E-state index is 0.0403. The molecular formula is C21H20F2N6O. The van der Waals surface area contributed by atoms with Gasteiger partial charge in [0, 0.05) is 30.4 Å². The third-order valence-corrected chi connectivity index (χ3v) is 4.74. The number of hydrogen-bond donors (Lipinski definition) is 3. The molecule has 3 N–H and O–H groups in total. The van der Waals surface area contributed by atoms with Crippen molar-refractivity contribution in [2.75, 3.05) is 23.7 Å². The summed E-state index contributed by atoms with van der Waals surface area (Å²) in [5, 5.41) is 8.58. The predicted molar refractivity (Wildman–Crippen MR) is 110 cm³/mol. The van der Waals surface area contributed by atoms with Gasteiger partial charge in [0.25, 0.3) is 5.91 Å². The smallest absolute Gasteiger partial charge is 0.251 e. The van der Waals surface area contributed by atoms with Crippen molar-refractivity contribution in [2.45, 2.75) is 19.3 Å². The molecule has 0 fully saturated rings. The largest absolute Gasteiger partial charge is 0.367 e. The number of benzene rings is 1. The summed E-state index contributed by atoms with van der Waals surface area (Å²) >= 11 is 0. The van der Waals surface area contributed by atoms with Gasteiger partial charge in [0.1, 0.15) is 0 Å². The third kappa shape index (κ3) is 4.51. The van der Waals surface area contributed by atoms with Gasteiger partial charge in [-0.25, -0.2) is 14.4 Å². The van der Waals surface area contributed by atoms with E-state index in [0.717, 1.165) is 31.0 Å². The average molecular weight is 410 g/mol. The molecule has 9 heteroatoms. The van der Waals surface area contributed by atoms with Crippen LogP contribution >= 0.6 is 0 Å². The van der Waals surface area contributed by atoms with Gasteiger partial charge in [0.2, 0.25) is 11.9 Å². The quantitative estimate of drug-likeness (QED) is 0.487. The molecule has 0 unspecified atom stereocenters. The molecule has 30 heavy (non-hydrogen) atoms. The number of carbonyl (C=O) groups excluding carboxylic acids is 1. The summed E-state index contributed by atoms with van der Waals surface area (Å²) in [5.74, 6) is -1.38. The third-order valence-electron chi connectivity index (χ3n) is 4.74. The maximum absolute atomic E-state index is 14.3. The van der Waals surface area contributed by atoms with E-state index in [1.165, 1.54) is 6.20 Å². The lowest BCUT2D eigenvalue weighted by Gasteiger charge is -2.10. The Morgan fingerprint density at radius 3 is 2.37 bits per heavy atom. The summed E-state index contributed by atoms with van der Waals surface area (Å²) in [4.78, 5) is 24.0. The zero-order valence-corrected chi connectivity index (χ0v) is 16.1. The number of nitrogens with zero attached hydrogens (tertiary/aromatic N) is 3. The van der Waals surface area contributed by atoms with E-state index in [1.807, 2.05) is 0 Å². The second-order valence-corrected chi connectivity index (χ2v) is 6.90. The fourth-order valence-electron chi connectivity index (χ4n) is 3.12. The first-order valence-corrected chi connectivity index (χ1v) is 9.68. The number of rotatable bonds is 0. The Kier molecular flexibility index (Phi) is 5.78. The van der Waals surface area contributed by atoms with Crippen LogP contribution in [0.15, 0.2) is 42.7 Å². The van der Waals surface area contributed by atoms with E-state index in [4.69, 9.17) is 0 Å². The molecule has 2 aliphatic rings. The van der Waals surface area contributed by atoms with Crippen LogP contribution in [-0.4, -0.2) is 33.9 Å². The second kappa shape index (κ2) is 8.81. The molecule has 4 heterocycles. The van der Waals surface area contributed by atoms with E-state index >= 15 is 0 Å². The van der Waals surface area contributed by atoms with Crippen LogP contribution in [0.5, 0.6) is 0 Å². The van der Waals surface area contributed by atoms with Gasteiger partial charge in [0.15, 0.2) is 11.6 Å². The molecule has 0 spiro atoms. The van der Waals surface area contributed by atoms with E-state index in [-0.39, 0.29) is 23.4 Å². The van der Waals surface area contributed by atoms with Crippen molar-refractivity contribution in [1.29, 1.82) is 0 Å². The van der Waals surface area contributed by atoms with Crippen molar-refractivity contribution in [3.05, 3.63) is 60.1 Å². The fraction of sp³-hybridized carbons (Fsp3) is 0.238. The van der Waals surface area contributed by atoms with Crippen LogP contribution < -0.4 is 16.0 Å². The number of pyridine rings is 1. The number of fused-ring (bicyclic) bond motifs is 9. The van der Waals surface area contributed by atoms with E-state index in [2.05, 4.69) is 30.9 Å². The van der Waals surface area contributed by atoms with E-state index in [9.17, 15) is 13.6 Å². The maximum Gasteiger partial charge on any atom is 0.251 e. The number of aromatic nitrogens is 3. The first kappa shape index (κ1) is 19.7. The van der Waals surface area contributed by atoms with Crippen LogP contribution in [0.25, 0.3) is 11.1 Å². The van der Waals surface area contributed by atoms with E-state index < -0.39 is 11.8 Å². The molecule has 1 aromatic carbocycles. The van der Waals surface area contributed by atoms with Crippen molar-refractivity contribution < 1.29 is 13.6 Å². The van der Waals surface area contributed by atoms with Gasteiger partial charge in [-0.05, 0) is 43.0 Å². The summed E-state index contributed by atoms with van der Waals surface area (Å²) in [6, 6.07) is 8.55. The molecule has 0 saturated heterocycles. The molecular weight excluding hydrogens is 390 g/mol. The molecule has 2 aromatic heterocycles. The topological polar surface area (TPSA) is 91.8 Å². The lowest BCUT2D eigenvalue weighted by Crippen LogP contribution is -2.24. The number of anilines is 3. The molecule has 2 aliphatic heterocycles. The molecule has 0 aliphatic carbocycles. The molecule has 3 aromatic rings. The Morgan fingerprint density at radius 1 is 0.833 bits per heavy atom. The van der Waals surface area contributed by atoms with Crippen molar-refractivity contribution >= 4 is 23.4 Å². The predicted octanol–water partition coefficient (Wildman–Crippen LogP) is 3.89. The summed E-state index contributed by atoms with van der Waals surface area (Å²) in [7, 11) is 0. The molecule has 154 valence electrons. The molecule has 7 nitrogen and oxygen atoms in total. The minimum Gasteiger partial charge on any atom is -0.367 e. The first-order valence-electron chi connectivity index (χ1n) is 9.68. The zero-order chi connectivity index (χ0) is 20.9. The van der Waals surface area contributed by atoms with Crippen LogP contribution in [-0.2, 0) is 0 Å². The Balaban J connectivity index is 1.69. The highest BCUT2D eigenvalue weighted by atomic mass is 19.1. The summed E-state index contributed by atoms with van der Waals surface area (Å²) in [6.45, 7) is 1.07.